The number of piperidine rings is 1. The molecule has 3 N–H and O–H groups in total. The standard InChI is InChI=1S/C27H39N5O5/c1-27(2,3)37-26(36)31-21-10-5-4-7-16-11-12-29-23(33)20(16)13-18(14-28)30-24(34)22-19-9-6-8-17(19)15-32(22)25(21)35/h4,7,16-22H,5-6,8-13,15H2,1-3H3,(H,29,33)(H,30,34)(H,31,36)/b7-4-/t16-,17-,18-,19-,20?,21?,22-/m0/s1. The van der Waals surface area contributed by atoms with Crippen LogP contribution >= 0.6 is 0 Å². The molecule has 2 saturated heterocycles. The molecule has 4 amide bonds. The zero-order chi connectivity index (χ0) is 26.7. The summed E-state index contributed by atoms with van der Waals surface area (Å²) >= 11 is 0. The van der Waals surface area contributed by atoms with Crippen molar-refractivity contribution >= 4 is 23.8 Å². The van der Waals surface area contributed by atoms with Crippen molar-refractivity contribution in [2.24, 2.45) is 23.7 Å². The molecule has 0 aromatic carbocycles. The molecule has 4 aliphatic rings. The van der Waals surface area contributed by atoms with Crippen LogP contribution in [-0.2, 0) is 19.1 Å². The van der Waals surface area contributed by atoms with Gasteiger partial charge in [0.1, 0.15) is 23.7 Å². The number of ether oxygens (including phenoxy) is 1. The first kappa shape index (κ1) is 27.0. The van der Waals surface area contributed by atoms with E-state index in [-0.39, 0.29) is 41.9 Å². The van der Waals surface area contributed by atoms with Crippen LogP contribution in [0.15, 0.2) is 12.2 Å². The fourth-order valence-corrected chi connectivity index (χ4v) is 6.37. The van der Waals surface area contributed by atoms with Gasteiger partial charge >= 0.3 is 6.09 Å². The number of amides is 4. The lowest BCUT2D eigenvalue weighted by atomic mass is 9.81. The molecule has 202 valence electrons. The number of rotatable bonds is 1. The van der Waals surface area contributed by atoms with Crippen molar-refractivity contribution in [2.45, 2.75) is 89.4 Å². The number of alkyl carbamates (subject to hydrolysis) is 1. The van der Waals surface area contributed by atoms with Crippen molar-refractivity contribution in [3.05, 3.63) is 12.2 Å². The summed E-state index contributed by atoms with van der Waals surface area (Å²) in [4.78, 5) is 54.3. The van der Waals surface area contributed by atoms with Gasteiger partial charge in [-0.15, -0.1) is 0 Å². The van der Waals surface area contributed by atoms with Gasteiger partial charge in [-0.25, -0.2) is 4.79 Å². The molecule has 0 bridgehead atoms. The lowest BCUT2D eigenvalue weighted by molar-refractivity contribution is -0.141. The van der Waals surface area contributed by atoms with E-state index in [1.807, 2.05) is 12.2 Å². The molecule has 3 aliphatic heterocycles. The zero-order valence-electron chi connectivity index (χ0n) is 22.0. The maximum Gasteiger partial charge on any atom is 0.408 e. The maximum absolute atomic E-state index is 13.8. The monoisotopic (exact) mass is 513 g/mol. The van der Waals surface area contributed by atoms with Crippen molar-refractivity contribution < 1.29 is 23.9 Å². The lowest BCUT2D eigenvalue weighted by Crippen LogP contribution is -2.56. The van der Waals surface area contributed by atoms with Crippen molar-refractivity contribution in [1.82, 2.24) is 20.9 Å². The largest absolute Gasteiger partial charge is 0.444 e. The minimum Gasteiger partial charge on any atom is -0.444 e. The number of hydrogen-bond donors (Lipinski definition) is 3. The minimum atomic E-state index is -0.853. The Kier molecular flexibility index (Phi) is 8.10. The fraction of sp³-hybridized carbons (Fsp3) is 0.741. The predicted molar refractivity (Wildman–Crippen MR) is 135 cm³/mol. The van der Waals surface area contributed by atoms with E-state index in [0.717, 1.165) is 25.7 Å². The Labute approximate surface area is 218 Å². The van der Waals surface area contributed by atoms with Crippen LogP contribution in [0.3, 0.4) is 0 Å². The molecule has 0 aromatic heterocycles. The van der Waals surface area contributed by atoms with E-state index in [1.165, 1.54) is 0 Å². The second-order valence-corrected chi connectivity index (χ2v) is 11.8. The van der Waals surface area contributed by atoms with Crippen LogP contribution in [0.2, 0.25) is 0 Å². The second kappa shape index (κ2) is 11.1. The molecule has 1 saturated carbocycles. The number of nitrogens with zero attached hydrogens (tertiary/aromatic N) is 2. The van der Waals surface area contributed by atoms with Crippen LogP contribution in [0.1, 0.15) is 65.7 Å². The average molecular weight is 514 g/mol. The van der Waals surface area contributed by atoms with E-state index in [9.17, 15) is 24.4 Å². The summed E-state index contributed by atoms with van der Waals surface area (Å²) in [5, 5.41) is 18.3. The minimum absolute atomic E-state index is 0.0176. The molecule has 0 aromatic rings. The molecule has 10 nitrogen and oxygen atoms in total. The first-order chi connectivity index (χ1) is 17.6. The number of allylic oxidation sites excluding steroid dienone is 2. The summed E-state index contributed by atoms with van der Waals surface area (Å²) in [5.41, 5.74) is -0.718. The van der Waals surface area contributed by atoms with Crippen LogP contribution in [-0.4, -0.2) is 65.5 Å². The number of fused-ring (bicyclic) bond motifs is 4. The summed E-state index contributed by atoms with van der Waals surface area (Å²) in [5.74, 6) is -1.02. The van der Waals surface area contributed by atoms with Crippen molar-refractivity contribution in [3.63, 3.8) is 0 Å². The Morgan fingerprint density at radius 1 is 1.16 bits per heavy atom. The van der Waals surface area contributed by atoms with Gasteiger partial charge in [-0.2, -0.15) is 5.26 Å². The number of carbonyl (C=O) groups is 4. The molecule has 2 unspecified atom stereocenters. The second-order valence-electron chi connectivity index (χ2n) is 11.8. The molecule has 7 atom stereocenters. The number of carbonyl (C=O) groups excluding carboxylic acids is 4. The Morgan fingerprint density at radius 3 is 2.68 bits per heavy atom. The van der Waals surface area contributed by atoms with Crippen LogP contribution < -0.4 is 16.0 Å². The Balaban J connectivity index is 1.64. The van der Waals surface area contributed by atoms with Crippen molar-refractivity contribution in [1.29, 1.82) is 5.26 Å². The smallest absolute Gasteiger partial charge is 0.408 e. The van der Waals surface area contributed by atoms with Gasteiger partial charge in [0.15, 0.2) is 0 Å². The van der Waals surface area contributed by atoms with E-state index in [4.69, 9.17) is 4.74 Å². The molecular formula is C27H39N5O5. The SMILES string of the molecule is CC(C)(C)OC(=O)NC1CC/C=C\[C@H]2CCNC(=O)C2C[C@@H](C#N)NC(=O)[C@@H]2[C@H]3CCC[C@H]3CN2C1=O. The van der Waals surface area contributed by atoms with Crippen LogP contribution in [0.5, 0.6) is 0 Å². The summed E-state index contributed by atoms with van der Waals surface area (Å²) in [6.45, 7) is 6.28. The van der Waals surface area contributed by atoms with E-state index < -0.39 is 35.7 Å². The molecule has 3 heterocycles. The Morgan fingerprint density at radius 2 is 1.95 bits per heavy atom. The van der Waals surface area contributed by atoms with Gasteiger partial charge in [-0.3, -0.25) is 14.4 Å². The zero-order valence-corrected chi connectivity index (χ0v) is 22.0. The molecular weight excluding hydrogens is 474 g/mol. The quantitative estimate of drug-likeness (QED) is 0.458. The van der Waals surface area contributed by atoms with Crippen molar-refractivity contribution in [3.8, 4) is 6.07 Å². The molecule has 0 spiro atoms. The summed E-state index contributed by atoms with van der Waals surface area (Å²) < 4.78 is 5.42. The third-order valence-electron chi connectivity index (χ3n) is 8.03. The highest BCUT2D eigenvalue weighted by atomic mass is 16.6. The van der Waals surface area contributed by atoms with E-state index >= 15 is 0 Å². The molecule has 4 rings (SSSR count). The normalized spacial score (nSPS) is 35.6. The van der Waals surface area contributed by atoms with Crippen LogP contribution in [0, 0.1) is 35.0 Å². The highest BCUT2D eigenvalue weighted by Gasteiger charge is 2.51. The molecule has 0 radical (unpaired) electrons. The highest BCUT2D eigenvalue weighted by molar-refractivity contribution is 5.92. The van der Waals surface area contributed by atoms with Gasteiger partial charge in [-0.05, 0) is 77.0 Å². The first-order valence-electron chi connectivity index (χ1n) is 13.5. The number of hydrogen-bond acceptors (Lipinski definition) is 6. The molecule has 10 heteroatoms. The summed E-state index contributed by atoms with van der Waals surface area (Å²) in [7, 11) is 0. The highest BCUT2D eigenvalue weighted by Crippen LogP contribution is 2.42. The van der Waals surface area contributed by atoms with Gasteiger partial charge in [0.05, 0.1) is 6.07 Å². The first-order valence-corrected chi connectivity index (χ1v) is 13.5. The molecule has 1 aliphatic carbocycles. The molecule has 3 fully saturated rings. The third kappa shape index (κ3) is 6.25. The van der Waals surface area contributed by atoms with Gasteiger partial charge in [0, 0.05) is 19.0 Å². The van der Waals surface area contributed by atoms with E-state index in [2.05, 4.69) is 22.0 Å². The number of nitrogens with one attached hydrogen (secondary N) is 3. The average Bonchev–Trinajstić information content (AvgIpc) is 3.41. The van der Waals surface area contributed by atoms with Gasteiger partial charge in [-0.1, -0.05) is 18.6 Å². The predicted octanol–water partition coefficient (Wildman–Crippen LogP) is 2.01. The van der Waals surface area contributed by atoms with Crippen LogP contribution in [0.25, 0.3) is 0 Å². The fourth-order valence-electron chi connectivity index (χ4n) is 6.37. The number of nitriles is 1. The van der Waals surface area contributed by atoms with E-state index in [1.54, 1.807) is 25.7 Å². The van der Waals surface area contributed by atoms with Crippen molar-refractivity contribution in [2.75, 3.05) is 13.1 Å². The van der Waals surface area contributed by atoms with Gasteiger partial charge in [0.25, 0.3) is 0 Å². The van der Waals surface area contributed by atoms with E-state index in [0.29, 0.717) is 25.9 Å². The van der Waals surface area contributed by atoms with Gasteiger partial charge in [0.2, 0.25) is 17.7 Å². The van der Waals surface area contributed by atoms with Gasteiger partial charge < -0.3 is 25.6 Å². The maximum atomic E-state index is 13.8. The van der Waals surface area contributed by atoms with Crippen LogP contribution in [0.4, 0.5) is 4.79 Å². The Hall–Kier alpha value is -3.09. The summed E-state index contributed by atoms with van der Waals surface area (Å²) in [6, 6.07) is -0.231. The molecule has 37 heavy (non-hydrogen) atoms. The lowest BCUT2D eigenvalue weighted by Gasteiger charge is -2.33. The summed E-state index contributed by atoms with van der Waals surface area (Å²) in [6.07, 6.45) is 7.84. The topological polar surface area (TPSA) is 141 Å². The Bertz CT molecular complexity index is 983. The third-order valence-corrected chi connectivity index (χ3v) is 8.03.